The topological polar surface area (TPSA) is 147 Å². The minimum Gasteiger partial charge on any atom is -0.479 e. The lowest BCUT2D eigenvalue weighted by atomic mass is 10.0. The number of hydrogen-bond acceptors (Lipinski definition) is 7. The molecular formula is C31H39FN4O7. The van der Waals surface area contributed by atoms with Crippen LogP contribution in [-0.4, -0.2) is 76.5 Å². The molecule has 3 N–H and O–H groups in total. The molecule has 1 saturated heterocycles. The van der Waals surface area contributed by atoms with Crippen molar-refractivity contribution in [3.8, 4) is 0 Å². The molecule has 2 aliphatic heterocycles. The highest BCUT2D eigenvalue weighted by molar-refractivity contribution is 5.96. The number of carbonyl (C=O) groups excluding carboxylic acids is 3. The molecule has 1 aromatic carbocycles. The van der Waals surface area contributed by atoms with Crippen molar-refractivity contribution >= 4 is 30.1 Å². The van der Waals surface area contributed by atoms with E-state index < -0.39 is 53.4 Å². The molecule has 2 heterocycles. The zero-order chi connectivity index (χ0) is 30.4. The first-order valence-electron chi connectivity index (χ1n) is 15.2. The van der Waals surface area contributed by atoms with E-state index in [0.29, 0.717) is 18.4 Å². The highest BCUT2D eigenvalue weighted by Crippen LogP contribution is 2.45. The van der Waals surface area contributed by atoms with E-state index in [4.69, 9.17) is 9.57 Å². The quantitative estimate of drug-likeness (QED) is 0.257. The maximum Gasteiger partial charge on any atom is 0.408 e. The minimum absolute atomic E-state index is 0.00331. The van der Waals surface area contributed by atoms with E-state index in [9.17, 15) is 28.7 Å². The summed E-state index contributed by atoms with van der Waals surface area (Å²) in [6, 6.07) is 3.82. The number of rotatable bonds is 6. The lowest BCUT2D eigenvalue weighted by molar-refractivity contribution is -0.145. The molecule has 1 aromatic rings. The van der Waals surface area contributed by atoms with Crippen molar-refractivity contribution in [1.29, 1.82) is 0 Å². The number of nitrogens with zero attached hydrogens (tertiary/aromatic N) is 2. The third-order valence-corrected chi connectivity index (χ3v) is 8.75. The van der Waals surface area contributed by atoms with Crippen LogP contribution in [0.15, 0.2) is 41.6 Å². The number of carboxylic acid groups (broad SMARTS) is 1. The summed E-state index contributed by atoms with van der Waals surface area (Å²) in [4.78, 5) is 59.6. The summed E-state index contributed by atoms with van der Waals surface area (Å²) in [5.41, 5.74) is -0.956. The zero-order valence-corrected chi connectivity index (χ0v) is 24.1. The number of amides is 3. The standard InChI is InChI=1S/C31H39FN4O7/c32-22-11-8-9-20(15-22)18-33-43-24-16-26-27(37)35-31(29(39)40)17-21(31)10-4-2-1-3-5-14-25(28(38)36(26)19-24)34-30(41)42-23-12-6-7-13-23/h4,8-11,15,18,21,23-26H,1-3,5-7,12-14,16-17,19H2,(H,34,41)(H,35,37)(H,39,40)/b10-4-,33-18+/t21-,24-,25+,26+,31+/m1/s1. The predicted molar refractivity (Wildman–Crippen MR) is 153 cm³/mol. The maximum atomic E-state index is 14.0. The summed E-state index contributed by atoms with van der Waals surface area (Å²) in [5.74, 6) is -2.96. The van der Waals surface area contributed by atoms with Gasteiger partial charge in [-0.2, -0.15) is 0 Å². The van der Waals surface area contributed by atoms with E-state index in [1.165, 1.54) is 29.3 Å². The van der Waals surface area contributed by atoms with Gasteiger partial charge in [-0.15, -0.1) is 0 Å². The molecule has 2 saturated carbocycles. The van der Waals surface area contributed by atoms with Gasteiger partial charge in [-0.3, -0.25) is 9.59 Å². The van der Waals surface area contributed by atoms with Crippen LogP contribution in [0.2, 0.25) is 0 Å². The van der Waals surface area contributed by atoms with Crippen LogP contribution in [0.4, 0.5) is 9.18 Å². The monoisotopic (exact) mass is 598 g/mol. The average Bonchev–Trinajstić information content (AvgIpc) is 3.26. The smallest absolute Gasteiger partial charge is 0.408 e. The molecular weight excluding hydrogens is 559 g/mol. The van der Waals surface area contributed by atoms with E-state index >= 15 is 0 Å². The van der Waals surface area contributed by atoms with Crippen LogP contribution < -0.4 is 10.6 Å². The number of allylic oxidation sites excluding steroid dienone is 1. The summed E-state index contributed by atoms with van der Waals surface area (Å²) in [7, 11) is 0. The van der Waals surface area contributed by atoms with Crippen molar-refractivity contribution in [3.63, 3.8) is 0 Å². The molecule has 43 heavy (non-hydrogen) atoms. The van der Waals surface area contributed by atoms with Crippen molar-refractivity contribution in [3.05, 3.63) is 47.8 Å². The molecule has 0 spiro atoms. The number of carboxylic acids is 1. The summed E-state index contributed by atoms with van der Waals surface area (Å²) < 4.78 is 19.1. The molecule has 4 aliphatic rings. The first kappa shape index (κ1) is 30.5. The van der Waals surface area contributed by atoms with Crippen LogP contribution in [0.5, 0.6) is 0 Å². The average molecular weight is 599 g/mol. The first-order valence-corrected chi connectivity index (χ1v) is 15.2. The van der Waals surface area contributed by atoms with Crippen molar-refractivity contribution in [1.82, 2.24) is 15.5 Å². The van der Waals surface area contributed by atoms with Crippen molar-refractivity contribution in [2.75, 3.05) is 6.54 Å². The lowest BCUT2D eigenvalue weighted by Gasteiger charge is -2.29. The first-order chi connectivity index (χ1) is 20.7. The van der Waals surface area contributed by atoms with Crippen LogP contribution in [0.1, 0.15) is 76.2 Å². The van der Waals surface area contributed by atoms with Gasteiger partial charge in [0.15, 0.2) is 0 Å². The summed E-state index contributed by atoms with van der Waals surface area (Å²) in [6.07, 6.45) is 10.9. The number of carbonyl (C=O) groups is 4. The van der Waals surface area contributed by atoms with Gasteiger partial charge in [0.25, 0.3) is 0 Å². The fourth-order valence-electron chi connectivity index (χ4n) is 6.24. The second-order valence-electron chi connectivity index (χ2n) is 11.9. The van der Waals surface area contributed by atoms with E-state index in [0.717, 1.165) is 44.9 Å². The fourth-order valence-corrected chi connectivity index (χ4v) is 6.24. The molecule has 2 aliphatic carbocycles. The van der Waals surface area contributed by atoms with E-state index in [-0.39, 0.29) is 31.4 Å². The minimum atomic E-state index is -1.43. The summed E-state index contributed by atoms with van der Waals surface area (Å²) in [5, 5.41) is 19.4. The van der Waals surface area contributed by atoms with Gasteiger partial charge in [0, 0.05) is 12.3 Å². The molecule has 0 bridgehead atoms. The summed E-state index contributed by atoms with van der Waals surface area (Å²) in [6.45, 7) is -0.00331. The van der Waals surface area contributed by atoms with Crippen LogP contribution in [0.25, 0.3) is 0 Å². The summed E-state index contributed by atoms with van der Waals surface area (Å²) >= 11 is 0. The second-order valence-corrected chi connectivity index (χ2v) is 11.9. The number of nitrogens with one attached hydrogen (secondary N) is 2. The molecule has 3 amide bonds. The number of benzene rings is 1. The van der Waals surface area contributed by atoms with Gasteiger partial charge in [0.05, 0.1) is 12.8 Å². The Balaban J connectivity index is 1.35. The Morgan fingerprint density at radius 3 is 2.67 bits per heavy atom. The molecule has 5 rings (SSSR count). The van der Waals surface area contributed by atoms with Crippen molar-refractivity contribution < 1.29 is 38.2 Å². The van der Waals surface area contributed by atoms with E-state index in [1.807, 2.05) is 12.2 Å². The highest BCUT2D eigenvalue weighted by atomic mass is 19.1. The van der Waals surface area contributed by atoms with Gasteiger partial charge < -0.3 is 30.2 Å². The second kappa shape index (κ2) is 13.6. The Labute approximate surface area is 249 Å². The number of hydrogen-bond donors (Lipinski definition) is 3. The van der Waals surface area contributed by atoms with Gasteiger partial charge in [0.2, 0.25) is 11.8 Å². The number of oxime groups is 1. The van der Waals surface area contributed by atoms with Crippen LogP contribution >= 0.6 is 0 Å². The normalized spacial score (nSPS) is 30.9. The number of aliphatic carboxylic acids is 1. The third-order valence-electron chi connectivity index (χ3n) is 8.75. The molecule has 11 nitrogen and oxygen atoms in total. The Morgan fingerprint density at radius 2 is 1.91 bits per heavy atom. The number of alkyl carbamates (subject to hydrolysis) is 1. The lowest BCUT2D eigenvalue weighted by Crippen LogP contribution is -2.56. The molecule has 0 radical (unpaired) electrons. The highest BCUT2D eigenvalue weighted by Gasteiger charge is 2.61. The van der Waals surface area contributed by atoms with Crippen LogP contribution in [0.3, 0.4) is 0 Å². The van der Waals surface area contributed by atoms with Crippen molar-refractivity contribution in [2.24, 2.45) is 11.1 Å². The molecule has 12 heteroatoms. The Hall–Kier alpha value is -3.96. The van der Waals surface area contributed by atoms with Crippen LogP contribution in [-0.2, 0) is 24.0 Å². The molecule has 0 aromatic heterocycles. The fraction of sp³-hybridized carbons (Fsp3) is 0.581. The molecule has 232 valence electrons. The SMILES string of the molecule is O=C(N[C@H]1CCCCC/C=C\[C@@H]2C[C@]2(C(=O)O)NC(=O)[C@@H]2C[C@@H](O/N=C/c3cccc(F)c3)CN2C1=O)OC1CCCC1. The Kier molecular flexibility index (Phi) is 9.62. The number of ether oxygens (including phenoxy) is 1. The van der Waals surface area contributed by atoms with Gasteiger partial charge >= 0.3 is 12.1 Å². The van der Waals surface area contributed by atoms with Gasteiger partial charge in [-0.1, -0.05) is 42.3 Å². The predicted octanol–water partition coefficient (Wildman–Crippen LogP) is 3.66. The van der Waals surface area contributed by atoms with Gasteiger partial charge in [-0.05, 0) is 69.1 Å². The maximum absolute atomic E-state index is 14.0. The number of halogens is 1. The molecule has 5 atom stereocenters. The van der Waals surface area contributed by atoms with Crippen LogP contribution in [0, 0.1) is 11.7 Å². The molecule has 3 fully saturated rings. The zero-order valence-electron chi connectivity index (χ0n) is 24.1. The van der Waals surface area contributed by atoms with Gasteiger partial charge in [0.1, 0.15) is 35.6 Å². The number of fused-ring (bicyclic) bond motifs is 2. The molecule has 0 unspecified atom stereocenters. The third kappa shape index (κ3) is 7.52. The Bertz CT molecular complexity index is 1270. The van der Waals surface area contributed by atoms with Crippen molar-refractivity contribution in [2.45, 2.75) is 100 Å². The Morgan fingerprint density at radius 1 is 1.12 bits per heavy atom. The van der Waals surface area contributed by atoms with E-state index in [2.05, 4.69) is 15.8 Å². The van der Waals surface area contributed by atoms with Gasteiger partial charge in [-0.25, -0.2) is 14.0 Å². The van der Waals surface area contributed by atoms with E-state index in [1.54, 1.807) is 6.07 Å². The largest absolute Gasteiger partial charge is 0.479 e.